The Morgan fingerprint density at radius 2 is 1.56 bits per heavy atom. The molecule has 1 unspecified atom stereocenters. The van der Waals surface area contributed by atoms with Gasteiger partial charge >= 0.3 is 0 Å². The van der Waals surface area contributed by atoms with Gasteiger partial charge in [0.1, 0.15) is 6.07 Å². The Hall–Kier alpha value is -2.18. The lowest BCUT2D eigenvalue weighted by Crippen LogP contribution is -1.89. The van der Waals surface area contributed by atoms with Crippen molar-refractivity contribution in [3.63, 3.8) is 0 Å². The van der Waals surface area contributed by atoms with Crippen LogP contribution in [-0.4, -0.2) is 4.21 Å². The summed E-state index contributed by atoms with van der Waals surface area (Å²) in [6, 6.07) is 20.4. The highest BCUT2D eigenvalue weighted by atomic mass is 32.2. The van der Waals surface area contributed by atoms with Gasteiger partial charge in [-0.15, -0.1) is 0 Å². The Balaban J connectivity index is 2.33. The summed E-state index contributed by atoms with van der Waals surface area (Å²) in [6.07, 6.45) is 0. The Morgan fingerprint density at radius 3 is 2.11 bits per heavy atom. The monoisotopic (exact) mass is 253 g/mol. The molecule has 0 spiro atoms. The molecule has 2 nitrogen and oxygen atoms in total. The summed E-state index contributed by atoms with van der Waals surface area (Å²) in [7, 11) is -1.30. The molecule has 0 N–H and O–H groups in total. The van der Waals surface area contributed by atoms with Crippen LogP contribution in [-0.2, 0) is 10.8 Å². The fourth-order valence-corrected chi connectivity index (χ4v) is 2.47. The summed E-state index contributed by atoms with van der Waals surface area (Å²) in [6.45, 7) is 0. The first kappa shape index (κ1) is 12.3. The number of hydrogen-bond acceptors (Lipinski definition) is 2. The number of nitrogens with zero attached hydrogens (tertiary/aromatic N) is 1. The molecule has 2 rings (SSSR count). The number of allylic oxidation sites excluding steroid dienone is 1. The van der Waals surface area contributed by atoms with E-state index in [0.717, 1.165) is 5.56 Å². The fraction of sp³-hybridized carbons (Fsp3) is 0. The van der Waals surface area contributed by atoms with Crippen LogP contribution in [0.4, 0.5) is 0 Å². The third-order valence-electron chi connectivity index (χ3n) is 2.41. The molecule has 0 saturated carbocycles. The van der Waals surface area contributed by atoms with Crippen LogP contribution in [0.1, 0.15) is 5.56 Å². The molecule has 18 heavy (non-hydrogen) atoms. The molecular formula is C15H11NOS. The van der Waals surface area contributed by atoms with Crippen molar-refractivity contribution in [3.05, 3.63) is 71.6 Å². The molecule has 0 aromatic heterocycles. The van der Waals surface area contributed by atoms with Crippen LogP contribution >= 0.6 is 0 Å². The summed E-state index contributed by atoms with van der Waals surface area (Å²) in [4.78, 5) is 0.696. The zero-order valence-electron chi connectivity index (χ0n) is 9.61. The molecule has 0 aliphatic rings. The Morgan fingerprint density at radius 1 is 1.00 bits per heavy atom. The van der Waals surface area contributed by atoms with Gasteiger partial charge in [-0.25, -0.2) is 4.21 Å². The number of nitriles is 1. The topological polar surface area (TPSA) is 40.9 Å². The first-order valence-electron chi connectivity index (χ1n) is 5.44. The first-order chi connectivity index (χ1) is 8.81. The number of hydrogen-bond donors (Lipinski definition) is 0. The Kier molecular flexibility index (Phi) is 4.06. The van der Waals surface area contributed by atoms with Crippen LogP contribution in [0.25, 0.3) is 5.57 Å². The maximum atomic E-state index is 12.1. The zero-order valence-corrected chi connectivity index (χ0v) is 10.4. The van der Waals surface area contributed by atoms with Crippen LogP contribution in [0.3, 0.4) is 0 Å². The minimum Gasteiger partial charge on any atom is -0.250 e. The van der Waals surface area contributed by atoms with Gasteiger partial charge in [0.25, 0.3) is 0 Å². The molecule has 0 amide bonds. The lowest BCUT2D eigenvalue weighted by atomic mass is 10.1. The summed E-state index contributed by atoms with van der Waals surface area (Å²) in [5.74, 6) is 0. The van der Waals surface area contributed by atoms with E-state index >= 15 is 0 Å². The normalized spacial score (nSPS) is 12.7. The molecule has 0 heterocycles. The highest BCUT2D eigenvalue weighted by molar-refractivity contribution is 7.88. The van der Waals surface area contributed by atoms with E-state index in [-0.39, 0.29) is 0 Å². The molecule has 0 aliphatic heterocycles. The molecule has 0 fully saturated rings. The van der Waals surface area contributed by atoms with Crippen LogP contribution in [0.5, 0.6) is 0 Å². The van der Waals surface area contributed by atoms with Crippen molar-refractivity contribution in [3.8, 4) is 6.07 Å². The quantitative estimate of drug-likeness (QED) is 0.787. The van der Waals surface area contributed by atoms with Crippen molar-refractivity contribution in [1.29, 1.82) is 5.26 Å². The summed E-state index contributed by atoms with van der Waals surface area (Å²) >= 11 is 0. The van der Waals surface area contributed by atoms with E-state index < -0.39 is 10.8 Å². The average molecular weight is 253 g/mol. The van der Waals surface area contributed by atoms with Crippen molar-refractivity contribution in [2.75, 3.05) is 0 Å². The Labute approximate surface area is 109 Å². The van der Waals surface area contributed by atoms with Crippen molar-refractivity contribution >= 4 is 16.4 Å². The van der Waals surface area contributed by atoms with Gasteiger partial charge in [-0.1, -0.05) is 48.5 Å². The smallest absolute Gasteiger partial charge is 0.100 e. The second-order valence-electron chi connectivity index (χ2n) is 3.62. The molecule has 0 radical (unpaired) electrons. The highest BCUT2D eigenvalue weighted by Crippen LogP contribution is 2.16. The van der Waals surface area contributed by atoms with Gasteiger partial charge in [0.05, 0.1) is 16.4 Å². The minimum absolute atomic E-state index is 0.429. The molecular weight excluding hydrogens is 242 g/mol. The van der Waals surface area contributed by atoms with Crippen molar-refractivity contribution in [2.24, 2.45) is 0 Å². The lowest BCUT2D eigenvalue weighted by Gasteiger charge is -1.99. The number of benzene rings is 2. The van der Waals surface area contributed by atoms with Gasteiger partial charge in [0.15, 0.2) is 0 Å². The largest absolute Gasteiger partial charge is 0.250 e. The van der Waals surface area contributed by atoms with Gasteiger partial charge in [-0.2, -0.15) is 5.26 Å². The molecule has 2 aromatic rings. The van der Waals surface area contributed by atoms with Crippen molar-refractivity contribution < 1.29 is 4.21 Å². The lowest BCUT2D eigenvalue weighted by molar-refractivity contribution is 0.688. The van der Waals surface area contributed by atoms with Crippen LogP contribution in [0, 0.1) is 11.3 Å². The van der Waals surface area contributed by atoms with E-state index in [9.17, 15) is 4.21 Å². The van der Waals surface area contributed by atoms with Gasteiger partial charge in [-0.05, 0) is 17.7 Å². The summed E-state index contributed by atoms with van der Waals surface area (Å²) in [5, 5.41) is 10.6. The van der Waals surface area contributed by atoms with Crippen molar-refractivity contribution in [1.82, 2.24) is 0 Å². The van der Waals surface area contributed by atoms with Gasteiger partial charge in [-0.3, -0.25) is 0 Å². The SMILES string of the molecule is N#CC(=CS(=O)c1ccccc1)c1ccccc1. The van der Waals surface area contributed by atoms with Crippen molar-refractivity contribution in [2.45, 2.75) is 4.90 Å². The maximum Gasteiger partial charge on any atom is 0.100 e. The maximum absolute atomic E-state index is 12.1. The molecule has 0 saturated heterocycles. The van der Waals surface area contributed by atoms with E-state index in [1.807, 2.05) is 48.5 Å². The van der Waals surface area contributed by atoms with E-state index in [0.29, 0.717) is 10.5 Å². The van der Waals surface area contributed by atoms with Gasteiger partial charge in [0, 0.05) is 10.3 Å². The highest BCUT2D eigenvalue weighted by Gasteiger charge is 2.04. The number of rotatable bonds is 3. The predicted molar refractivity (Wildman–Crippen MR) is 72.9 cm³/mol. The van der Waals surface area contributed by atoms with Gasteiger partial charge < -0.3 is 0 Å². The molecule has 0 bridgehead atoms. The van der Waals surface area contributed by atoms with Crippen LogP contribution in [0.2, 0.25) is 0 Å². The minimum atomic E-state index is -1.30. The zero-order chi connectivity index (χ0) is 12.8. The summed E-state index contributed by atoms with van der Waals surface area (Å²) < 4.78 is 12.1. The second-order valence-corrected chi connectivity index (χ2v) is 4.92. The molecule has 2 aromatic carbocycles. The second kappa shape index (κ2) is 5.95. The summed E-state index contributed by atoms with van der Waals surface area (Å²) in [5.41, 5.74) is 1.21. The molecule has 1 atom stereocenters. The average Bonchev–Trinajstić information content (AvgIpc) is 2.46. The predicted octanol–water partition coefficient (Wildman–Crippen LogP) is 3.36. The van der Waals surface area contributed by atoms with E-state index in [4.69, 9.17) is 5.26 Å². The van der Waals surface area contributed by atoms with E-state index in [2.05, 4.69) is 6.07 Å². The fourth-order valence-electron chi connectivity index (χ4n) is 1.51. The molecule has 3 heteroatoms. The molecule has 0 aliphatic carbocycles. The van der Waals surface area contributed by atoms with Crippen LogP contribution < -0.4 is 0 Å². The van der Waals surface area contributed by atoms with Gasteiger partial charge in [0.2, 0.25) is 0 Å². The third kappa shape index (κ3) is 2.93. The van der Waals surface area contributed by atoms with E-state index in [1.165, 1.54) is 5.41 Å². The van der Waals surface area contributed by atoms with E-state index in [1.54, 1.807) is 12.1 Å². The molecule has 88 valence electrons. The van der Waals surface area contributed by atoms with Crippen LogP contribution in [0.15, 0.2) is 71.0 Å². The first-order valence-corrected chi connectivity index (χ1v) is 6.65. The third-order valence-corrected chi connectivity index (χ3v) is 3.59. The standard InChI is InChI=1S/C15H11NOS/c16-11-14(13-7-3-1-4-8-13)12-18(17)15-9-5-2-6-10-15/h1-10,12H. The Bertz CT molecular complexity index is 612.